The molecule has 1 aliphatic heterocycles. The van der Waals surface area contributed by atoms with Crippen LogP contribution in [0.4, 0.5) is 5.82 Å². The molecule has 2 fully saturated rings. The molecule has 5 heteroatoms. The largest absolute Gasteiger partial charge is 0.356 e. The first-order valence-corrected chi connectivity index (χ1v) is 12.0. The van der Waals surface area contributed by atoms with E-state index in [1.807, 2.05) is 6.20 Å². The Morgan fingerprint density at radius 1 is 1.16 bits per heavy atom. The Kier molecular flexibility index (Phi) is 6.59. The van der Waals surface area contributed by atoms with E-state index in [1.54, 1.807) is 0 Å². The summed E-state index contributed by atoms with van der Waals surface area (Å²) >= 11 is 0. The number of fused-ring (bicyclic) bond motifs is 1. The minimum absolute atomic E-state index is 0.597. The fourth-order valence-electron chi connectivity index (χ4n) is 4.58. The molecule has 4 rings (SSSR count). The van der Waals surface area contributed by atoms with E-state index >= 15 is 0 Å². The zero-order valence-corrected chi connectivity index (χ0v) is 19.9. The van der Waals surface area contributed by atoms with Crippen LogP contribution >= 0.6 is 0 Å². The van der Waals surface area contributed by atoms with Crippen LogP contribution in [0.25, 0.3) is 5.65 Å². The molecule has 0 unspecified atom stereocenters. The Hall–Kier alpha value is -2.43. The molecule has 5 nitrogen and oxygen atoms in total. The van der Waals surface area contributed by atoms with Gasteiger partial charge in [-0.15, -0.1) is 0 Å². The first-order valence-electron chi connectivity index (χ1n) is 12.0. The molecule has 166 valence electrons. The van der Waals surface area contributed by atoms with Gasteiger partial charge in [-0.25, -0.2) is 4.98 Å². The predicted molar refractivity (Wildman–Crippen MR) is 130 cm³/mol. The van der Waals surface area contributed by atoms with Crippen molar-refractivity contribution in [3.63, 3.8) is 0 Å². The van der Waals surface area contributed by atoms with Crippen molar-refractivity contribution in [2.24, 2.45) is 4.99 Å². The molecule has 0 aromatic carbocycles. The van der Waals surface area contributed by atoms with Crippen molar-refractivity contribution in [2.45, 2.75) is 85.5 Å². The van der Waals surface area contributed by atoms with Crippen molar-refractivity contribution in [1.29, 1.82) is 0 Å². The normalized spacial score (nSPS) is 18.0. The van der Waals surface area contributed by atoms with Gasteiger partial charge in [0.15, 0.2) is 5.65 Å². The summed E-state index contributed by atoms with van der Waals surface area (Å²) in [5.41, 5.74) is 8.41. The first kappa shape index (κ1) is 21.8. The fourth-order valence-corrected chi connectivity index (χ4v) is 4.58. The molecule has 0 amide bonds. The third-order valence-electron chi connectivity index (χ3n) is 6.41. The zero-order chi connectivity index (χ0) is 22.0. The molecule has 3 heterocycles. The Morgan fingerprint density at radius 2 is 1.90 bits per heavy atom. The number of rotatable bonds is 8. The average molecular weight is 420 g/mol. The van der Waals surface area contributed by atoms with Crippen molar-refractivity contribution >= 4 is 17.2 Å². The second-order valence-corrected chi connectivity index (χ2v) is 9.41. The SMILES string of the molecule is CC/C(C)=C(CCc1nc2c(C3CC3)nccn2c1N1CCCC1)\N=C(\C)C=C(C)C. The number of hydrogen-bond donors (Lipinski definition) is 0. The van der Waals surface area contributed by atoms with E-state index < -0.39 is 0 Å². The highest BCUT2D eigenvalue weighted by atomic mass is 15.3. The number of aliphatic imine (C=N–C) groups is 1. The van der Waals surface area contributed by atoms with Crippen LogP contribution in [-0.2, 0) is 6.42 Å². The number of hydrogen-bond acceptors (Lipinski definition) is 4. The lowest BCUT2D eigenvalue weighted by molar-refractivity contribution is 0.846. The Bertz CT molecular complexity index is 1030. The van der Waals surface area contributed by atoms with Gasteiger partial charge in [-0.2, -0.15) is 0 Å². The molecule has 1 saturated carbocycles. The van der Waals surface area contributed by atoms with Crippen molar-refractivity contribution in [1.82, 2.24) is 14.4 Å². The van der Waals surface area contributed by atoms with Gasteiger partial charge < -0.3 is 4.90 Å². The number of aryl methyl sites for hydroxylation is 1. The summed E-state index contributed by atoms with van der Waals surface area (Å²) in [5, 5.41) is 0. The van der Waals surface area contributed by atoms with Gasteiger partial charge in [-0.3, -0.25) is 14.4 Å². The summed E-state index contributed by atoms with van der Waals surface area (Å²) < 4.78 is 2.31. The molecule has 2 aromatic heterocycles. The van der Waals surface area contributed by atoms with Crippen LogP contribution in [0.1, 0.15) is 90.4 Å². The number of nitrogens with zero attached hydrogens (tertiary/aromatic N) is 5. The summed E-state index contributed by atoms with van der Waals surface area (Å²) in [7, 11) is 0. The lowest BCUT2D eigenvalue weighted by Crippen LogP contribution is -2.21. The van der Waals surface area contributed by atoms with Gasteiger partial charge in [0, 0.05) is 42.8 Å². The summed E-state index contributed by atoms with van der Waals surface area (Å²) in [6, 6.07) is 0. The van der Waals surface area contributed by atoms with Gasteiger partial charge in [0.1, 0.15) is 5.82 Å². The molecule has 0 N–H and O–H groups in total. The number of allylic oxidation sites excluding steroid dienone is 4. The second kappa shape index (κ2) is 9.37. The molecule has 1 aliphatic carbocycles. The quantitative estimate of drug-likeness (QED) is 0.475. The lowest BCUT2D eigenvalue weighted by atomic mass is 10.1. The third kappa shape index (κ3) is 4.91. The van der Waals surface area contributed by atoms with E-state index in [2.05, 4.69) is 56.2 Å². The van der Waals surface area contributed by atoms with E-state index in [-0.39, 0.29) is 0 Å². The van der Waals surface area contributed by atoms with Crippen LogP contribution < -0.4 is 4.90 Å². The molecule has 2 aliphatic rings. The standard InChI is InChI=1S/C26H37N5/c1-6-19(4)22(28-20(5)17-18(2)3)11-12-23-26(30-14-7-8-15-30)31-16-13-27-24(21-9-10-21)25(31)29-23/h13,16-17,21H,6-12,14-15H2,1-5H3/b22-19-,28-20-. The summed E-state index contributed by atoms with van der Waals surface area (Å²) in [6.45, 7) is 13.0. The van der Waals surface area contributed by atoms with E-state index in [0.29, 0.717) is 5.92 Å². The van der Waals surface area contributed by atoms with Crippen molar-refractivity contribution < 1.29 is 0 Å². The average Bonchev–Trinajstić information content (AvgIpc) is 3.30. The Balaban J connectivity index is 1.69. The minimum Gasteiger partial charge on any atom is -0.356 e. The Morgan fingerprint density at radius 3 is 2.55 bits per heavy atom. The zero-order valence-electron chi connectivity index (χ0n) is 19.9. The summed E-state index contributed by atoms with van der Waals surface area (Å²) in [6.07, 6.45) is 14.1. The van der Waals surface area contributed by atoms with Crippen LogP contribution in [-0.4, -0.2) is 33.2 Å². The molecule has 0 spiro atoms. The van der Waals surface area contributed by atoms with Crippen molar-refractivity contribution in [2.75, 3.05) is 18.0 Å². The van der Waals surface area contributed by atoms with Gasteiger partial charge in [-0.05, 0) is 78.7 Å². The molecule has 0 radical (unpaired) electrons. The molecule has 0 atom stereocenters. The van der Waals surface area contributed by atoms with E-state index in [4.69, 9.17) is 15.0 Å². The van der Waals surface area contributed by atoms with Gasteiger partial charge in [-0.1, -0.05) is 18.1 Å². The van der Waals surface area contributed by atoms with Crippen molar-refractivity contribution in [3.05, 3.63) is 46.7 Å². The van der Waals surface area contributed by atoms with Crippen LogP contribution in [0.2, 0.25) is 0 Å². The van der Waals surface area contributed by atoms with Crippen LogP contribution in [0.15, 0.2) is 40.3 Å². The molecular formula is C26H37N5. The van der Waals surface area contributed by atoms with Crippen LogP contribution in [0.5, 0.6) is 0 Å². The van der Waals surface area contributed by atoms with Gasteiger partial charge >= 0.3 is 0 Å². The smallest absolute Gasteiger partial charge is 0.160 e. The fraction of sp³-hybridized carbons (Fsp3) is 0.577. The van der Waals surface area contributed by atoms with Crippen LogP contribution in [0, 0.1) is 0 Å². The molecule has 0 bridgehead atoms. The Labute approximate surface area is 187 Å². The third-order valence-corrected chi connectivity index (χ3v) is 6.41. The first-order chi connectivity index (χ1) is 15.0. The molecular weight excluding hydrogens is 382 g/mol. The van der Waals surface area contributed by atoms with Gasteiger partial charge in [0.05, 0.1) is 11.4 Å². The topological polar surface area (TPSA) is 45.8 Å². The highest BCUT2D eigenvalue weighted by Crippen LogP contribution is 2.41. The number of aromatic nitrogens is 3. The number of anilines is 1. The number of imidazole rings is 1. The van der Waals surface area contributed by atoms with Gasteiger partial charge in [0.25, 0.3) is 0 Å². The maximum absolute atomic E-state index is 5.18. The maximum atomic E-state index is 5.18. The highest BCUT2D eigenvalue weighted by Gasteiger charge is 2.30. The maximum Gasteiger partial charge on any atom is 0.160 e. The molecule has 1 saturated heterocycles. The van der Waals surface area contributed by atoms with Crippen LogP contribution in [0.3, 0.4) is 0 Å². The lowest BCUT2D eigenvalue weighted by Gasteiger charge is -2.19. The minimum atomic E-state index is 0.597. The van der Waals surface area contributed by atoms with E-state index in [1.165, 1.54) is 59.7 Å². The summed E-state index contributed by atoms with van der Waals surface area (Å²) in [4.78, 5) is 17.4. The highest BCUT2D eigenvalue weighted by molar-refractivity contribution is 5.94. The van der Waals surface area contributed by atoms with Crippen molar-refractivity contribution in [3.8, 4) is 0 Å². The monoisotopic (exact) mass is 419 g/mol. The predicted octanol–water partition coefficient (Wildman–Crippen LogP) is 6.25. The second-order valence-electron chi connectivity index (χ2n) is 9.41. The molecule has 31 heavy (non-hydrogen) atoms. The van der Waals surface area contributed by atoms with Gasteiger partial charge in [0.2, 0.25) is 0 Å². The van der Waals surface area contributed by atoms with E-state index in [9.17, 15) is 0 Å². The van der Waals surface area contributed by atoms with E-state index in [0.717, 1.165) is 43.7 Å². The summed E-state index contributed by atoms with van der Waals surface area (Å²) in [5.74, 6) is 1.88. The molecule has 2 aromatic rings.